The van der Waals surface area contributed by atoms with E-state index in [1.54, 1.807) is 0 Å². The smallest absolute Gasteiger partial charge is 0.261 e. The predicted octanol–water partition coefficient (Wildman–Crippen LogP) is 4.57. The fraction of sp³-hybridized carbons (Fsp3) is 0.150. The molecule has 0 fully saturated rings. The Balaban J connectivity index is 1.62. The zero-order chi connectivity index (χ0) is 16.8. The molecule has 0 aliphatic heterocycles. The van der Waals surface area contributed by atoms with Crippen LogP contribution in [-0.4, -0.2) is 5.91 Å². The van der Waals surface area contributed by atoms with Crippen LogP contribution in [0, 0.1) is 6.92 Å². The van der Waals surface area contributed by atoms with Crippen molar-refractivity contribution in [3.63, 3.8) is 0 Å². The molecule has 0 saturated heterocycles. The molecule has 3 rings (SSSR count). The van der Waals surface area contributed by atoms with Gasteiger partial charge in [-0.1, -0.05) is 42.5 Å². The van der Waals surface area contributed by atoms with Crippen molar-refractivity contribution in [1.29, 1.82) is 0 Å². The van der Waals surface area contributed by atoms with E-state index in [4.69, 9.17) is 4.74 Å². The molecular formula is C20H19NO2S. The van der Waals surface area contributed by atoms with Crippen LogP contribution in [0.25, 0.3) is 0 Å². The third-order valence-corrected chi connectivity index (χ3v) is 4.66. The van der Waals surface area contributed by atoms with Crippen LogP contribution in [0.3, 0.4) is 0 Å². The van der Waals surface area contributed by atoms with Crippen molar-refractivity contribution >= 4 is 17.2 Å². The molecule has 0 bridgehead atoms. The van der Waals surface area contributed by atoms with E-state index in [2.05, 4.69) is 5.32 Å². The molecule has 0 unspecified atom stereocenters. The van der Waals surface area contributed by atoms with Crippen LogP contribution in [0.1, 0.15) is 25.7 Å². The van der Waals surface area contributed by atoms with Gasteiger partial charge in [0.2, 0.25) is 0 Å². The highest BCUT2D eigenvalue weighted by Gasteiger charge is 2.09. The van der Waals surface area contributed by atoms with E-state index in [0.29, 0.717) is 13.2 Å². The number of thiophene rings is 1. The number of carbonyl (C=O) groups excluding carboxylic acids is 1. The van der Waals surface area contributed by atoms with Gasteiger partial charge in [0.25, 0.3) is 5.91 Å². The summed E-state index contributed by atoms with van der Waals surface area (Å²) < 4.78 is 5.82. The van der Waals surface area contributed by atoms with Gasteiger partial charge in [0.1, 0.15) is 12.4 Å². The lowest BCUT2D eigenvalue weighted by molar-refractivity contribution is 0.0954. The number of ether oxygens (including phenoxy) is 1. The standard InChI is InChI=1S/C20H19NO2S/c1-15-11-12-19(24-15)20(22)21-13-16-7-5-6-8-17(16)14-23-18-9-3-2-4-10-18/h2-12H,13-14H2,1H3,(H,21,22). The lowest BCUT2D eigenvalue weighted by Crippen LogP contribution is -2.22. The van der Waals surface area contributed by atoms with Gasteiger partial charge in [0.05, 0.1) is 4.88 Å². The van der Waals surface area contributed by atoms with Gasteiger partial charge in [-0.15, -0.1) is 11.3 Å². The molecule has 0 radical (unpaired) electrons. The molecule has 0 atom stereocenters. The summed E-state index contributed by atoms with van der Waals surface area (Å²) in [6, 6.07) is 21.6. The Labute approximate surface area is 145 Å². The Morgan fingerprint density at radius 2 is 1.67 bits per heavy atom. The molecule has 1 amide bonds. The monoisotopic (exact) mass is 337 g/mol. The van der Waals surface area contributed by atoms with Crippen LogP contribution in [0.4, 0.5) is 0 Å². The number of rotatable bonds is 6. The Hall–Kier alpha value is -2.59. The van der Waals surface area contributed by atoms with E-state index in [9.17, 15) is 4.79 Å². The van der Waals surface area contributed by atoms with E-state index < -0.39 is 0 Å². The van der Waals surface area contributed by atoms with Crippen LogP contribution < -0.4 is 10.1 Å². The largest absolute Gasteiger partial charge is 0.489 e. The van der Waals surface area contributed by atoms with Gasteiger partial charge in [0.15, 0.2) is 0 Å². The van der Waals surface area contributed by atoms with Crippen molar-refractivity contribution in [2.24, 2.45) is 0 Å². The topological polar surface area (TPSA) is 38.3 Å². The predicted molar refractivity (Wildman–Crippen MR) is 97.4 cm³/mol. The SMILES string of the molecule is Cc1ccc(C(=O)NCc2ccccc2COc2ccccc2)s1. The maximum atomic E-state index is 12.2. The highest BCUT2D eigenvalue weighted by Crippen LogP contribution is 2.17. The van der Waals surface area contributed by atoms with Crippen molar-refractivity contribution in [3.8, 4) is 5.75 Å². The molecule has 1 N–H and O–H groups in total. The molecule has 3 nitrogen and oxygen atoms in total. The summed E-state index contributed by atoms with van der Waals surface area (Å²) >= 11 is 1.51. The second-order valence-electron chi connectivity index (χ2n) is 5.46. The van der Waals surface area contributed by atoms with Crippen LogP contribution >= 0.6 is 11.3 Å². The molecule has 4 heteroatoms. The van der Waals surface area contributed by atoms with E-state index >= 15 is 0 Å². The first-order valence-electron chi connectivity index (χ1n) is 7.81. The van der Waals surface area contributed by atoms with Crippen LogP contribution in [0.5, 0.6) is 5.75 Å². The average Bonchev–Trinajstić information content (AvgIpc) is 3.06. The lowest BCUT2D eigenvalue weighted by Gasteiger charge is -2.11. The fourth-order valence-electron chi connectivity index (χ4n) is 2.37. The number of benzene rings is 2. The number of carbonyl (C=O) groups is 1. The second-order valence-corrected chi connectivity index (χ2v) is 6.75. The second kappa shape index (κ2) is 7.79. The normalized spacial score (nSPS) is 10.4. The van der Waals surface area contributed by atoms with Crippen molar-refractivity contribution in [1.82, 2.24) is 5.32 Å². The maximum Gasteiger partial charge on any atom is 0.261 e. The third kappa shape index (κ3) is 4.24. The summed E-state index contributed by atoms with van der Waals surface area (Å²) in [4.78, 5) is 14.1. The number of hydrogen-bond acceptors (Lipinski definition) is 3. The molecule has 0 aliphatic carbocycles. The van der Waals surface area contributed by atoms with Crippen LogP contribution in [0.2, 0.25) is 0 Å². The van der Waals surface area contributed by atoms with Gasteiger partial charge in [-0.25, -0.2) is 0 Å². The number of aryl methyl sites for hydroxylation is 1. The van der Waals surface area contributed by atoms with Gasteiger partial charge in [-0.05, 0) is 42.3 Å². The first-order chi connectivity index (χ1) is 11.7. The molecule has 1 heterocycles. The van der Waals surface area contributed by atoms with Gasteiger partial charge >= 0.3 is 0 Å². The van der Waals surface area contributed by atoms with Gasteiger partial charge in [-0.3, -0.25) is 4.79 Å². The first kappa shape index (κ1) is 16.3. The minimum atomic E-state index is -0.0353. The summed E-state index contributed by atoms with van der Waals surface area (Å²) in [5.41, 5.74) is 2.14. The van der Waals surface area contributed by atoms with Crippen molar-refractivity contribution in [2.75, 3.05) is 0 Å². The Bertz CT molecular complexity index is 811. The number of amides is 1. The van der Waals surface area contributed by atoms with E-state index in [1.165, 1.54) is 11.3 Å². The third-order valence-electron chi connectivity index (χ3n) is 3.66. The van der Waals surface area contributed by atoms with E-state index in [0.717, 1.165) is 26.6 Å². The Kier molecular flexibility index (Phi) is 5.29. The molecule has 0 saturated carbocycles. The zero-order valence-corrected chi connectivity index (χ0v) is 14.3. The quantitative estimate of drug-likeness (QED) is 0.716. The summed E-state index contributed by atoms with van der Waals surface area (Å²) in [5, 5.41) is 2.98. The van der Waals surface area contributed by atoms with Gasteiger partial charge < -0.3 is 10.1 Å². The molecule has 24 heavy (non-hydrogen) atoms. The number of para-hydroxylation sites is 1. The van der Waals surface area contributed by atoms with Gasteiger partial charge in [0, 0.05) is 11.4 Å². The zero-order valence-electron chi connectivity index (χ0n) is 13.5. The summed E-state index contributed by atoms with van der Waals surface area (Å²) in [5.74, 6) is 0.803. The van der Waals surface area contributed by atoms with Crippen molar-refractivity contribution < 1.29 is 9.53 Å². The molecule has 2 aromatic carbocycles. The van der Waals surface area contributed by atoms with Gasteiger partial charge in [-0.2, -0.15) is 0 Å². The average molecular weight is 337 g/mol. The van der Waals surface area contributed by atoms with E-state index in [1.807, 2.05) is 73.7 Å². The minimum absolute atomic E-state index is 0.0353. The Morgan fingerprint density at radius 1 is 0.958 bits per heavy atom. The van der Waals surface area contributed by atoms with Crippen LogP contribution in [0.15, 0.2) is 66.7 Å². The van der Waals surface area contributed by atoms with Crippen molar-refractivity contribution in [3.05, 3.63) is 87.6 Å². The summed E-state index contributed by atoms with van der Waals surface area (Å²) in [7, 11) is 0. The summed E-state index contributed by atoms with van der Waals surface area (Å²) in [6.07, 6.45) is 0. The Morgan fingerprint density at radius 3 is 2.38 bits per heavy atom. The maximum absolute atomic E-state index is 12.2. The highest BCUT2D eigenvalue weighted by molar-refractivity contribution is 7.13. The molecule has 0 spiro atoms. The van der Waals surface area contributed by atoms with Crippen molar-refractivity contribution in [2.45, 2.75) is 20.1 Å². The molecule has 0 aliphatic rings. The highest BCUT2D eigenvalue weighted by atomic mass is 32.1. The fourth-order valence-corrected chi connectivity index (χ4v) is 3.15. The summed E-state index contributed by atoms with van der Waals surface area (Å²) in [6.45, 7) is 2.97. The lowest BCUT2D eigenvalue weighted by atomic mass is 10.1. The molecular weight excluding hydrogens is 318 g/mol. The molecule has 1 aromatic heterocycles. The number of nitrogens with one attached hydrogen (secondary N) is 1. The molecule has 3 aromatic rings. The van der Waals surface area contributed by atoms with E-state index in [-0.39, 0.29) is 5.91 Å². The molecule has 122 valence electrons. The van der Waals surface area contributed by atoms with Crippen LogP contribution in [-0.2, 0) is 13.2 Å². The number of hydrogen-bond donors (Lipinski definition) is 1. The minimum Gasteiger partial charge on any atom is -0.489 e. The first-order valence-corrected chi connectivity index (χ1v) is 8.63.